The molecular formula is C10H5F3INO. The van der Waals surface area contributed by atoms with Crippen LogP contribution < -0.4 is 0 Å². The maximum Gasteiger partial charge on any atom is 0.433 e. The molecule has 2 aliphatic rings. The lowest BCUT2D eigenvalue weighted by Crippen LogP contribution is -2.28. The normalized spacial score (nSPS) is 24.6. The zero-order valence-corrected chi connectivity index (χ0v) is 9.91. The summed E-state index contributed by atoms with van der Waals surface area (Å²) in [6.45, 7) is 0. The molecule has 0 aromatic heterocycles. The SMILES string of the molecule is O=C1C=C(C(F)(F)F)N=C2C=CC(I)=CC12. The van der Waals surface area contributed by atoms with Gasteiger partial charge >= 0.3 is 6.18 Å². The summed E-state index contributed by atoms with van der Waals surface area (Å²) in [4.78, 5) is 14.9. The van der Waals surface area contributed by atoms with Crippen molar-refractivity contribution in [1.82, 2.24) is 0 Å². The third-order valence-corrected chi connectivity index (χ3v) is 2.90. The number of carbonyl (C=O) groups excluding carboxylic acids is 1. The molecule has 0 saturated heterocycles. The highest BCUT2D eigenvalue weighted by Crippen LogP contribution is 2.32. The number of hydrogen-bond acceptors (Lipinski definition) is 2. The summed E-state index contributed by atoms with van der Waals surface area (Å²) in [5.74, 6) is -1.24. The highest BCUT2D eigenvalue weighted by molar-refractivity contribution is 14.1. The number of aliphatic imine (C=N–C) groups is 1. The molecule has 2 nitrogen and oxygen atoms in total. The maximum absolute atomic E-state index is 12.4. The van der Waals surface area contributed by atoms with Crippen LogP contribution in [0.1, 0.15) is 0 Å². The summed E-state index contributed by atoms with van der Waals surface area (Å²) in [5, 5.41) is 0. The highest BCUT2D eigenvalue weighted by Gasteiger charge is 2.39. The number of rotatable bonds is 0. The first-order valence-electron chi connectivity index (χ1n) is 4.34. The van der Waals surface area contributed by atoms with Crippen LogP contribution in [0.25, 0.3) is 0 Å². The van der Waals surface area contributed by atoms with Crippen molar-refractivity contribution >= 4 is 34.1 Å². The molecule has 1 aliphatic carbocycles. The van der Waals surface area contributed by atoms with Gasteiger partial charge in [-0.25, -0.2) is 4.99 Å². The van der Waals surface area contributed by atoms with Crippen LogP contribution in [0.5, 0.6) is 0 Å². The van der Waals surface area contributed by atoms with Gasteiger partial charge in [-0.1, -0.05) is 6.08 Å². The third kappa shape index (κ3) is 2.11. The number of ketones is 1. The van der Waals surface area contributed by atoms with E-state index in [9.17, 15) is 18.0 Å². The molecule has 0 saturated carbocycles. The Balaban J connectivity index is 2.42. The van der Waals surface area contributed by atoms with Gasteiger partial charge in [0.2, 0.25) is 0 Å². The summed E-state index contributed by atoms with van der Waals surface area (Å²) >= 11 is 2.00. The van der Waals surface area contributed by atoms with E-state index in [4.69, 9.17) is 0 Å². The van der Waals surface area contributed by atoms with Crippen molar-refractivity contribution < 1.29 is 18.0 Å². The summed E-state index contributed by atoms with van der Waals surface area (Å²) in [6.07, 6.45) is 0.667. The number of allylic oxidation sites excluding steroid dienone is 6. The van der Waals surface area contributed by atoms with Gasteiger partial charge in [0.05, 0.1) is 11.6 Å². The Labute approximate surface area is 103 Å². The maximum atomic E-state index is 12.4. The van der Waals surface area contributed by atoms with E-state index in [1.165, 1.54) is 6.08 Å². The van der Waals surface area contributed by atoms with Crippen molar-refractivity contribution in [3.8, 4) is 0 Å². The fourth-order valence-electron chi connectivity index (χ4n) is 1.44. The van der Waals surface area contributed by atoms with Gasteiger partial charge in [-0.2, -0.15) is 13.2 Å². The van der Waals surface area contributed by atoms with E-state index in [2.05, 4.69) is 4.99 Å². The minimum absolute atomic E-state index is 0.153. The topological polar surface area (TPSA) is 29.4 Å². The van der Waals surface area contributed by atoms with E-state index >= 15 is 0 Å². The molecule has 84 valence electrons. The van der Waals surface area contributed by atoms with Gasteiger partial charge < -0.3 is 0 Å². The van der Waals surface area contributed by atoms with E-state index in [1.54, 1.807) is 12.2 Å². The molecule has 0 aromatic rings. The van der Waals surface area contributed by atoms with Crippen LogP contribution in [0.15, 0.2) is 38.6 Å². The van der Waals surface area contributed by atoms with Crippen LogP contribution in [-0.2, 0) is 4.79 Å². The molecule has 1 aliphatic heterocycles. The molecule has 0 N–H and O–H groups in total. The van der Waals surface area contributed by atoms with Crippen molar-refractivity contribution in [3.63, 3.8) is 0 Å². The second-order valence-electron chi connectivity index (χ2n) is 3.33. The predicted molar refractivity (Wildman–Crippen MR) is 61.3 cm³/mol. The van der Waals surface area contributed by atoms with Crippen LogP contribution >= 0.6 is 22.6 Å². The van der Waals surface area contributed by atoms with Gasteiger partial charge in [-0.15, -0.1) is 0 Å². The first-order chi connectivity index (χ1) is 7.38. The van der Waals surface area contributed by atoms with Gasteiger partial charge in [0.15, 0.2) is 5.78 Å². The number of fused-ring (bicyclic) bond motifs is 1. The molecule has 0 fully saturated rings. The van der Waals surface area contributed by atoms with Gasteiger partial charge in [-0.3, -0.25) is 4.79 Å². The molecule has 1 unspecified atom stereocenters. The molecule has 0 bridgehead atoms. The van der Waals surface area contributed by atoms with E-state index < -0.39 is 23.6 Å². The van der Waals surface area contributed by atoms with E-state index in [1.807, 2.05) is 22.6 Å². The van der Waals surface area contributed by atoms with Crippen molar-refractivity contribution in [2.24, 2.45) is 10.9 Å². The van der Waals surface area contributed by atoms with Crippen LogP contribution in [0.4, 0.5) is 13.2 Å². The Kier molecular flexibility index (Phi) is 2.77. The summed E-state index contributed by atoms with van der Waals surface area (Å²) in [5.41, 5.74) is -0.973. The molecule has 1 heterocycles. The lowest BCUT2D eigenvalue weighted by atomic mass is 9.91. The Morgan fingerprint density at radius 3 is 2.62 bits per heavy atom. The van der Waals surface area contributed by atoms with E-state index in [0.29, 0.717) is 6.08 Å². The number of carbonyl (C=O) groups is 1. The summed E-state index contributed by atoms with van der Waals surface area (Å²) in [7, 11) is 0. The lowest BCUT2D eigenvalue weighted by molar-refractivity contribution is -0.117. The monoisotopic (exact) mass is 339 g/mol. The number of nitrogens with zero attached hydrogens (tertiary/aromatic N) is 1. The van der Waals surface area contributed by atoms with Crippen LogP contribution in [0, 0.1) is 5.92 Å². The third-order valence-electron chi connectivity index (χ3n) is 2.18. The Bertz CT molecular complexity index is 471. The second-order valence-corrected chi connectivity index (χ2v) is 4.57. The minimum atomic E-state index is -4.57. The number of alkyl halides is 3. The smallest absolute Gasteiger partial charge is 0.294 e. The Morgan fingerprint density at radius 2 is 2.00 bits per heavy atom. The van der Waals surface area contributed by atoms with Crippen LogP contribution in [0.2, 0.25) is 0 Å². The van der Waals surface area contributed by atoms with E-state index in [0.717, 1.165) is 3.58 Å². The standard InChI is InChI=1S/C10H5F3INO/c11-10(12,13)9-4-8(16)6-3-5(14)1-2-7(6)15-9/h1-4,6H. The van der Waals surface area contributed by atoms with Crippen LogP contribution in [0.3, 0.4) is 0 Å². The summed E-state index contributed by atoms with van der Waals surface area (Å²) in [6, 6.07) is 0. The van der Waals surface area contributed by atoms with Crippen molar-refractivity contribution in [3.05, 3.63) is 33.6 Å². The summed E-state index contributed by atoms with van der Waals surface area (Å²) < 4.78 is 38.0. The fraction of sp³-hybridized carbons (Fsp3) is 0.200. The molecule has 6 heteroatoms. The van der Waals surface area contributed by atoms with Gasteiger partial charge in [-0.05, 0) is 34.7 Å². The first kappa shape index (κ1) is 11.6. The Morgan fingerprint density at radius 1 is 1.31 bits per heavy atom. The number of hydrogen-bond donors (Lipinski definition) is 0. The predicted octanol–water partition coefficient (Wildman–Crippen LogP) is 2.96. The molecule has 0 radical (unpaired) electrons. The average molecular weight is 339 g/mol. The van der Waals surface area contributed by atoms with Crippen molar-refractivity contribution in [1.29, 1.82) is 0 Å². The van der Waals surface area contributed by atoms with E-state index in [-0.39, 0.29) is 5.71 Å². The molecule has 16 heavy (non-hydrogen) atoms. The van der Waals surface area contributed by atoms with Gasteiger partial charge in [0.25, 0.3) is 0 Å². The molecule has 0 aromatic carbocycles. The largest absolute Gasteiger partial charge is 0.433 e. The quantitative estimate of drug-likeness (QED) is 0.624. The average Bonchev–Trinajstić information content (AvgIpc) is 2.17. The molecular weight excluding hydrogens is 334 g/mol. The zero-order chi connectivity index (χ0) is 11.9. The molecule has 0 spiro atoms. The zero-order valence-electron chi connectivity index (χ0n) is 7.75. The Hall–Kier alpha value is -0.920. The lowest BCUT2D eigenvalue weighted by Gasteiger charge is -2.20. The van der Waals surface area contributed by atoms with Gasteiger partial charge in [0.1, 0.15) is 5.70 Å². The first-order valence-corrected chi connectivity index (χ1v) is 5.42. The molecule has 1 atom stereocenters. The van der Waals surface area contributed by atoms with Gasteiger partial charge in [0, 0.05) is 9.66 Å². The fourth-order valence-corrected chi connectivity index (χ4v) is 1.98. The van der Waals surface area contributed by atoms with Crippen LogP contribution in [-0.4, -0.2) is 17.7 Å². The molecule has 2 rings (SSSR count). The van der Waals surface area contributed by atoms with Crippen molar-refractivity contribution in [2.45, 2.75) is 6.18 Å². The minimum Gasteiger partial charge on any atom is -0.294 e. The second kappa shape index (κ2) is 3.83. The molecule has 0 amide bonds. The number of halogens is 4. The van der Waals surface area contributed by atoms with Crippen molar-refractivity contribution in [2.75, 3.05) is 0 Å². The highest BCUT2D eigenvalue weighted by atomic mass is 127.